The third kappa shape index (κ3) is 6.94. The second kappa shape index (κ2) is 8.98. The summed E-state index contributed by atoms with van der Waals surface area (Å²) in [5, 5.41) is 11.9. The van der Waals surface area contributed by atoms with E-state index in [1.54, 1.807) is 0 Å². The van der Waals surface area contributed by atoms with Crippen molar-refractivity contribution in [1.29, 1.82) is 0 Å². The lowest BCUT2D eigenvalue weighted by Crippen LogP contribution is -2.39. The van der Waals surface area contributed by atoms with Crippen LogP contribution in [0.4, 0.5) is 0 Å². The zero-order valence-electron chi connectivity index (χ0n) is 10.9. The van der Waals surface area contributed by atoms with Gasteiger partial charge < -0.3 is 15.2 Å². The molecule has 0 aromatic heterocycles. The lowest BCUT2D eigenvalue weighted by Gasteiger charge is -2.18. The fourth-order valence-corrected chi connectivity index (χ4v) is 1.72. The Kier molecular flexibility index (Phi) is 8.40. The maximum atomic E-state index is 11.2. The summed E-state index contributed by atoms with van der Waals surface area (Å²) in [5.74, 6) is -0.949. The van der Waals surface area contributed by atoms with Crippen LogP contribution in [0.3, 0.4) is 0 Å². The molecule has 0 amide bonds. The number of nitrogens with one attached hydrogen (secondary N) is 1. The van der Waals surface area contributed by atoms with Crippen LogP contribution in [0.1, 0.15) is 39.5 Å². The van der Waals surface area contributed by atoms with Gasteiger partial charge in [-0.1, -0.05) is 20.3 Å². The van der Waals surface area contributed by atoms with Gasteiger partial charge in [-0.25, -0.2) is 0 Å². The molecule has 5 heteroatoms. The van der Waals surface area contributed by atoms with E-state index in [9.17, 15) is 9.59 Å². The fourth-order valence-electron chi connectivity index (χ4n) is 1.72. The number of methoxy groups -OCH3 is 1. The standard InChI is InChI=1S/C12H23NO4/c1-4-6-9(7-11(14)17-3)8-13-10(5-2)12(15)16/h9-10,13H,4-8H2,1-3H3,(H,15,16)/t9?,10-/m0/s1. The smallest absolute Gasteiger partial charge is 0.320 e. The minimum Gasteiger partial charge on any atom is -0.480 e. The molecular weight excluding hydrogens is 222 g/mol. The van der Waals surface area contributed by atoms with Crippen LogP contribution >= 0.6 is 0 Å². The summed E-state index contributed by atoms with van der Waals surface area (Å²) in [6, 6.07) is -0.535. The Hall–Kier alpha value is -1.10. The number of carbonyl (C=O) groups is 2. The van der Waals surface area contributed by atoms with Gasteiger partial charge in [-0.3, -0.25) is 9.59 Å². The van der Waals surface area contributed by atoms with E-state index in [1.807, 2.05) is 13.8 Å². The Bertz CT molecular complexity index is 243. The predicted octanol–water partition coefficient (Wildman–Crippen LogP) is 1.42. The summed E-state index contributed by atoms with van der Waals surface area (Å²) in [7, 11) is 1.37. The van der Waals surface area contributed by atoms with Crippen molar-refractivity contribution in [2.75, 3.05) is 13.7 Å². The lowest BCUT2D eigenvalue weighted by atomic mass is 9.99. The van der Waals surface area contributed by atoms with E-state index in [4.69, 9.17) is 5.11 Å². The molecule has 0 saturated heterocycles. The summed E-state index contributed by atoms with van der Waals surface area (Å²) in [6.45, 7) is 4.40. The molecule has 0 rings (SSSR count). The molecule has 2 atom stereocenters. The molecule has 0 bridgehead atoms. The van der Waals surface area contributed by atoms with Gasteiger partial charge in [-0.2, -0.15) is 0 Å². The molecule has 0 fully saturated rings. The number of hydrogen-bond acceptors (Lipinski definition) is 4. The number of carboxylic acids is 1. The van der Waals surface area contributed by atoms with Crippen LogP contribution < -0.4 is 5.32 Å². The quantitative estimate of drug-likeness (QED) is 0.601. The number of carboxylic acid groups (broad SMARTS) is 1. The van der Waals surface area contributed by atoms with Gasteiger partial charge in [0.15, 0.2) is 0 Å². The van der Waals surface area contributed by atoms with Crippen molar-refractivity contribution in [2.45, 2.75) is 45.6 Å². The van der Waals surface area contributed by atoms with Crippen LogP contribution in [0.15, 0.2) is 0 Å². The monoisotopic (exact) mass is 245 g/mol. The van der Waals surface area contributed by atoms with E-state index < -0.39 is 12.0 Å². The van der Waals surface area contributed by atoms with E-state index in [2.05, 4.69) is 10.1 Å². The highest BCUT2D eigenvalue weighted by molar-refractivity contribution is 5.73. The van der Waals surface area contributed by atoms with E-state index in [1.165, 1.54) is 7.11 Å². The van der Waals surface area contributed by atoms with Gasteiger partial charge in [0.25, 0.3) is 0 Å². The molecule has 0 aliphatic heterocycles. The molecule has 0 heterocycles. The number of carbonyl (C=O) groups excluding carboxylic acids is 1. The van der Waals surface area contributed by atoms with Crippen molar-refractivity contribution in [3.63, 3.8) is 0 Å². The zero-order valence-corrected chi connectivity index (χ0v) is 10.9. The van der Waals surface area contributed by atoms with Gasteiger partial charge in [0.1, 0.15) is 6.04 Å². The Morgan fingerprint density at radius 1 is 1.35 bits per heavy atom. The molecular formula is C12H23NO4. The fraction of sp³-hybridized carbons (Fsp3) is 0.833. The van der Waals surface area contributed by atoms with E-state index >= 15 is 0 Å². The maximum Gasteiger partial charge on any atom is 0.320 e. The predicted molar refractivity (Wildman–Crippen MR) is 64.7 cm³/mol. The van der Waals surface area contributed by atoms with Crippen LogP contribution in [0, 0.1) is 5.92 Å². The molecule has 0 radical (unpaired) electrons. The Morgan fingerprint density at radius 3 is 2.41 bits per heavy atom. The van der Waals surface area contributed by atoms with E-state index in [0.29, 0.717) is 19.4 Å². The molecule has 100 valence electrons. The normalized spacial score (nSPS) is 14.1. The maximum absolute atomic E-state index is 11.2. The molecule has 17 heavy (non-hydrogen) atoms. The molecule has 0 aliphatic rings. The first-order valence-corrected chi connectivity index (χ1v) is 6.08. The van der Waals surface area contributed by atoms with E-state index in [-0.39, 0.29) is 11.9 Å². The van der Waals surface area contributed by atoms with Gasteiger partial charge in [0, 0.05) is 6.42 Å². The van der Waals surface area contributed by atoms with Gasteiger partial charge in [0.05, 0.1) is 7.11 Å². The molecule has 0 aromatic carbocycles. The number of esters is 1. The van der Waals surface area contributed by atoms with Crippen LogP contribution in [-0.4, -0.2) is 36.7 Å². The molecule has 2 N–H and O–H groups in total. The van der Waals surface area contributed by atoms with Crippen molar-refractivity contribution in [1.82, 2.24) is 5.32 Å². The first-order chi connectivity index (χ1) is 8.04. The van der Waals surface area contributed by atoms with Crippen molar-refractivity contribution in [2.24, 2.45) is 5.92 Å². The van der Waals surface area contributed by atoms with Gasteiger partial charge in [0.2, 0.25) is 0 Å². The number of hydrogen-bond donors (Lipinski definition) is 2. The molecule has 0 aliphatic carbocycles. The lowest BCUT2D eigenvalue weighted by molar-refractivity contribution is -0.141. The van der Waals surface area contributed by atoms with Crippen molar-refractivity contribution in [3.05, 3.63) is 0 Å². The highest BCUT2D eigenvalue weighted by Gasteiger charge is 2.18. The molecule has 0 aromatic rings. The van der Waals surface area contributed by atoms with Crippen molar-refractivity contribution < 1.29 is 19.4 Å². The van der Waals surface area contributed by atoms with Gasteiger partial charge in [-0.05, 0) is 25.3 Å². The summed E-state index contributed by atoms with van der Waals surface area (Å²) in [5.41, 5.74) is 0. The molecule has 0 spiro atoms. The second-order valence-electron chi connectivity index (χ2n) is 4.14. The van der Waals surface area contributed by atoms with Crippen LogP contribution in [0.25, 0.3) is 0 Å². The van der Waals surface area contributed by atoms with Gasteiger partial charge in [-0.15, -0.1) is 0 Å². The summed E-state index contributed by atoms with van der Waals surface area (Å²) in [6.07, 6.45) is 2.73. The number of ether oxygens (including phenoxy) is 1. The first kappa shape index (κ1) is 15.9. The number of aliphatic carboxylic acids is 1. The Balaban J connectivity index is 4.15. The minimum absolute atomic E-state index is 0.140. The highest BCUT2D eigenvalue weighted by Crippen LogP contribution is 2.11. The highest BCUT2D eigenvalue weighted by atomic mass is 16.5. The molecule has 5 nitrogen and oxygen atoms in total. The largest absolute Gasteiger partial charge is 0.480 e. The zero-order chi connectivity index (χ0) is 13.3. The topological polar surface area (TPSA) is 75.6 Å². The number of rotatable bonds is 9. The van der Waals surface area contributed by atoms with E-state index in [0.717, 1.165) is 12.8 Å². The summed E-state index contributed by atoms with van der Waals surface area (Å²) >= 11 is 0. The Morgan fingerprint density at radius 2 is 2.00 bits per heavy atom. The third-order valence-electron chi connectivity index (χ3n) is 2.74. The van der Waals surface area contributed by atoms with Gasteiger partial charge >= 0.3 is 11.9 Å². The Labute approximate surface area is 103 Å². The third-order valence-corrected chi connectivity index (χ3v) is 2.74. The SMILES string of the molecule is CCCC(CN[C@@H](CC)C(=O)O)CC(=O)OC. The summed E-state index contributed by atoms with van der Waals surface area (Å²) in [4.78, 5) is 22.0. The van der Waals surface area contributed by atoms with Crippen LogP contribution in [0.5, 0.6) is 0 Å². The molecule has 0 saturated carbocycles. The van der Waals surface area contributed by atoms with Crippen molar-refractivity contribution >= 4 is 11.9 Å². The average Bonchev–Trinajstić information content (AvgIpc) is 2.29. The second-order valence-corrected chi connectivity index (χ2v) is 4.14. The van der Waals surface area contributed by atoms with Crippen LogP contribution in [0.2, 0.25) is 0 Å². The average molecular weight is 245 g/mol. The minimum atomic E-state index is -0.846. The molecule has 1 unspecified atom stereocenters. The van der Waals surface area contributed by atoms with Crippen molar-refractivity contribution in [3.8, 4) is 0 Å². The van der Waals surface area contributed by atoms with Crippen LogP contribution in [-0.2, 0) is 14.3 Å². The summed E-state index contributed by atoms with van der Waals surface area (Å²) < 4.78 is 4.62. The first-order valence-electron chi connectivity index (χ1n) is 6.08.